The lowest BCUT2D eigenvalue weighted by atomic mass is 10.3. The second kappa shape index (κ2) is 8.64. The van der Waals surface area contributed by atoms with Gasteiger partial charge >= 0.3 is 5.95 Å². The van der Waals surface area contributed by atoms with E-state index < -0.39 is 8.37 Å². The minimum Gasteiger partial charge on any atom is -0.269 e. The van der Waals surface area contributed by atoms with Crippen molar-refractivity contribution in [1.29, 1.82) is 0 Å². The third-order valence-electron chi connectivity index (χ3n) is 4.07. The zero-order chi connectivity index (χ0) is 18.8. The smallest absolute Gasteiger partial charge is 0.269 e. The van der Waals surface area contributed by atoms with Gasteiger partial charge in [0.2, 0.25) is 8.37 Å². The monoisotopic (exact) mass is 356 g/mol. The number of anilines is 1. The van der Waals surface area contributed by atoms with Crippen LogP contribution in [0.5, 0.6) is 0 Å². The first-order chi connectivity index (χ1) is 11.0. The van der Waals surface area contributed by atoms with Gasteiger partial charge in [-0.25, -0.2) is 13.9 Å². The highest BCUT2D eigenvalue weighted by Gasteiger charge is 2.40. The molecule has 1 heterocycles. The molecule has 0 saturated carbocycles. The number of rotatable bonds is 8. The van der Waals surface area contributed by atoms with E-state index in [1.807, 2.05) is 0 Å². The molecule has 0 fully saturated rings. The summed E-state index contributed by atoms with van der Waals surface area (Å²) >= 11 is 0. The number of aryl methyl sites for hydroxylation is 1. The van der Waals surface area contributed by atoms with Gasteiger partial charge in [-0.3, -0.25) is 4.90 Å². The average molecular weight is 357 g/mol. The van der Waals surface area contributed by atoms with Gasteiger partial charge in [-0.05, 0) is 55.4 Å². The van der Waals surface area contributed by atoms with E-state index >= 15 is 0 Å². The van der Waals surface area contributed by atoms with E-state index in [-0.39, 0.29) is 0 Å². The molecule has 6 heteroatoms. The van der Waals surface area contributed by atoms with Crippen LogP contribution < -0.4 is 9.47 Å². The molecule has 1 aromatic heterocycles. The summed E-state index contributed by atoms with van der Waals surface area (Å²) in [6.45, 7) is 18.5. The molecule has 0 aliphatic carbocycles. The molecule has 0 N–H and O–H groups in total. The van der Waals surface area contributed by atoms with E-state index in [1.54, 1.807) is 0 Å². The lowest BCUT2D eigenvalue weighted by molar-refractivity contribution is -0.657. The Bertz CT molecular complexity index is 472. The third kappa shape index (κ3) is 4.50. The molecular weight excluding hydrogens is 317 g/mol. The number of nitrogens with zero attached hydrogens (tertiary/aromatic N) is 5. The molecule has 1 aromatic rings. The molecule has 0 aliphatic heterocycles. The van der Waals surface area contributed by atoms with Crippen molar-refractivity contribution in [2.75, 3.05) is 19.0 Å². The van der Waals surface area contributed by atoms with Crippen LogP contribution in [-0.4, -0.2) is 51.9 Å². The number of aromatic nitrogens is 2. The van der Waals surface area contributed by atoms with Gasteiger partial charge in [-0.1, -0.05) is 0 Å². The van der Waals surface area contributed by atoms with Crippen molar-refractivity contribution >= 4 is 14.3 Å². The zero-order valence-electron chi connectivity index (χ0n) is 17.6. The predicted octanol–water partition coefficient (Wildman–Crippen LogP) is 3.69. The largest absolute Gasteiger partial charge is 0.363 e. The summed E-state index contributed by atoms with van der Waals surface area (Å²) in [5.41, 5.74) is 0. The predicted molar refractivity (Wildman–Crippen MR) is 106 cm³/mol. The molecule has 0 aromatic carbocycles. The molecule has 0 spiro atoms. The van der Waals surface area contributed by atoms with E-state index in [0.717, 1.165) is 0 Å². The second-order valence-corrected chi connectivity index (χ2v) is 9.74. The van der Waals surface area contributed by atoms with Crippen LogP contribution in [0.1, 0.15) is 55.4 Å². The summed E-state index contributed by atoms with van der Waals surface area (Å²) in [6.07, 6.45) is 4.42. The fraction of sp³-hybridized carbons (Fsp3) is 0.833. The van der Waals surface area contributed by atoms with Crippen LogP contribution in [0.15, 0.2) is 12.4 Å². The van der Waals surface area contributed by atoms with Gasteiger partial charge < -0.3 is 0 Å². The van der Waals surface area contributed by atoms with Gasteiger partial charge in [0.05, 0.1) is 27.3 Å². The standard InChI is InChI=1S/C18H39N5P/c1-14(2)22(15(3)4)24(23(16(5)6)17(7)8)21-13-12-20(11)18(21)19(9)10/h12-17H,1-11H3/q+1. The van der Waals surface area contributed by atoms with Crippen molar-refractivity contribution in [2.45, 2.75) is 79.6 Å². The van der Waals surface area contributed by atoms with Gasteiger partial charge in [0, 0.05) is 24.2 Å². The summed E-state index contributed by atoms with van der Waals surface area (Å²) in [7, 11) is 5.73. The summed E-state index contributed by atoms with van der Waals surface area (Å²) in [6, 6.07) is 1.94. The number of hydrogen-bond acceptors (Lipinski definition) is 3. The van der Waals surface area contributed by atoms with Gasteiger partial charge in [0.15, 0.2) is 0 Å². The summed E-state index contributed by atoms with van der Waals surface area (Å²) in [5, 5.41) is 0. The molecular formula is C18H39N5P+. The fourth-order valence-corrected chi connectivity index (χ4v) is 6.47. The Labute approximate surface area is 151 Å². The average Bonchev–Trinajstić information content (AvgIpc) is 2.77. The summed E-state index contributed by atoms with van der Waals surface area (Å²) in [4.78, 5) is 2.22. The molecule has 0 amide bonds. The zero-order valence-corrected chi connectivity index (χ0v) is 18.5. The highest BCUT2D eigenvalue weighted by Crippen LogP contribution is 2.52. The van der Waals surface area contributed by atoms with Crippen LogP contribution in [0.25, 0.3) is 0 Å². The molecule has 140 valence electrons. The Morgan fingerprint density at radius 2 is 1.21 bits per heavy atom. The Balaban J connectivity index is 3.60. The van der Waals surface area contributed by atoms with E-state index in [0.29, 0.717) is 24.2 Å². The number of imidazole rings is 1. The summed E-state index contributed by atoms with van der Waals surface area (Å²) < 4.78 is 10.0. The van der Waals surface area contributed by atoms with Crippen molar-refractivity contribution in [1.82, 2.24) is 13.7 Å². The normalized spacial score (nSPS) is 12.9. The molecule has 0 atom stereocenters. The molecule has 0 saturated heterocycles. The Hall–Kier alpha value is -0.640. The number of hydrogen-bond donors (Lipinski definition) is 0. The fourth-order valence-electron chi connectivity index (χ4n) is 3.48. The molecule has 0 aliphatic rings. The SMILES string of the molecule is CC(C)N(C(C)C)P(N(C(C)C)C(C)C)n1cc[n+](C)c1N(C)C. The van der Waals surface area contributed by atoms with E-state index in [9.17, 15) is 0 Å². The highest BCUT2D eigenvalue weighted by atomic mass is 31.2. The lowest BCUT2D eigenvalue weighted by Crippen LogP contribution is -2.45. The first-order valence-electron chi connectivity index (χ1n) is 9.11. The maximum Gasteiger partial charge on any atom is 0.363 e. The van der Waals surface area contributed by atoms with Crippen molar-refractivity contribution in [3.05, 3.63) is 12.4 Å². The maximum absolute atomic E-state index is 2.67. The Kier molecular flexibility index (Phi) is 7.71. The van der Waals surface area contributed by atoms with Crippen LogP contribution in [0.4, 0.5) is 5.95 Å². The van der Waals surface area contributed by atoms with E-state index in [1.165, 1.54) is 5.95 Å². The van der Waals surface area contributed by atoms with Gasteiger partial charge in [-0.15, -0.1) is 0 Å². The van der Waals surface area contributed by atoms with Crippen LogP contribution >= 0.6 is 8.37 Å². The second-order valence-electron chi connectivity index (χ2n) is 7.85. The lowest BCUT2D eigenvalue weighted by Gasteiger charge is -2.44. The van der Waals surface area contributed by atoms with Crippen LogP contribution in [0, 0.1) is 0 Å². The van der Waals surface area contributed by atoms with Gasteiger partial charge in [0.25, 0.3) is 0 Å². The quantitative estimate of drug-likeness (QED) is 0.523. The molecule has 0 radical (unpaired) electrons. The first kappa shape index (κ1) is 21.4. The molecule has 5 nitrogen and oxygen atoms in total. The van der Waals surface area contributed by atoms with E-state index in [4.69, 9.17) is 0 Å². The van der Waals surface area contributed by atoms with Crippen molar-refractivity contribution in [3.8, 4) is 0 Å². The molecule has 0 unspecified atom stereocenters. The van der Waals surface area contributed by atoms with Crippen molar-refractivity contribution < 1.29 is 4.57 Å². The molecule has 1 rings (SSSR count). The van der Waals surface area contributed by atoms with Crippen LogP contribution in [0.3, 0.4) is 0 Å². The third-order valence-corrected chi connectivity index (χ3v) is 7.45. The minimum absolute atomic E-state index is 0.485. The summed E-state index contributed by atoms with van der Waals surface area (Å²) in [5.74, 6) is 1.23. The highest BCUT2D eigenvalue weighted by molar-refractivity contribution is 7.51. The molecule has 0 bridgehead atoms. The topological polar surface area (TPSA) is 18.5 Å². The van der Waals surface area contributed by atoms with Gasteiger partial charge in [-0.2, -0.15) is 4.34 Å². The van der Waals surface area contributed by atoms with Gasteiger partial charge in [0.1, 0.15) is 6.20 Å². The minimum atomic E-state index is -0.652. The van der Waals surface area contributed by atoms with Crippen LogP contribution in [0.2, 0.25) is 0 Å². The van der Waals surface area contributed by atoms with E-state index in [2.05, 4.69) is 112 Å². The van der Waals surface area contributed by atoms with Crippen molar-refractivity contribution in [3.63, 3.8) is 0 Å². The van der Waals surface area contributed by atoms with Crippen LogP contribution in [-0.2, 0) is 7.05 Å². The Morgan fingerprint density at radius 3 is 1.50 bits per heavy atom. The first-order valence-corrected chi connectivity index (χ1v) is 10.3. The maximum atomic E-state index is 2.67. The van der Waals surface area contributed by atoms with Crippen molar-refractivity contribution in [2.24, 2.45) is 7.05 Å². The Morgan fingerprint density at radius 1 is 0.833 bits per heavy atom. The molecule has 24 heavy (non-hydrogen) atoms.